The predicted molar refractivity (Wildman–Crippen MR) is 78.9 cm³/mol. The van der Waals surface area contributed by atoms with Crippen LogP contribution < -0.4 is 0 Å². The fraction of sp³-hybridized carbons (Fsp3) is 0.471. The maximum atomic E-state index is 12.8. The van der Waals surface area contributed by atoms with Gasteiger partial charge >= 0.3 is 0 Å². The summed E-state index contributed by atoms with van der Waals surface area (Å²) >= 11 is 6.00. The fourth-order valence-corrected chi connectivity index (χ4v) is 5.33. The molecule has 0 radical (unpaired) electrons. The van der Waals surface area contributed by atoms with Gasteiger partial charge in [0.05, 0.1) is 0 Å². The topological polar surface area (TPSA) is 32.9 Å². The molecular formula is C17H16ClNO. The first-order valence-electron chi connectivity index (χ1n) is 7.55. The van der Waals surface area contributed by atoms with Crippen LogP contribution in [0.1, 0.15) is 29.6 Å². The van der Waals surface area contributed by atoms with Crippen LogP contribution in [0.15, 0.2) is 24.4 Å². The Morgan fingerprint density at radius 3 is 2.70 bits per heavy atom. The molecule has 3 aliphatic rings. The minimum Gasteiger partial charge on any atom is -0.360 e. The minimum atomic E-state index is 0.316. The number of rotatable bonds is 2. The second-order valence-corrected chi connectivity index (χ2v) is 7.21. The zero-order valence-electron chi connectivity index (χ0n) is 11.1. The van der Waals surface area contributed by atoms with E-state index in [1.54, 1.807) is 0 Å². The molecule has 2 bridgehead atoms. The van der Waals surface area contributed by atoms with Crippen molar-refractivity contribution in [2.45, 2.75) is 19.3 Å². The van der Waals surface area contributed by atoms with E-state index in [1.165, 1.54) is 19.3 Å². The lowest BCUT2D eigenvalue weighted by atomic mass is 9.96. The number of hydrogen-bond donors (Lipinski definition) is 1. The smallest absolute Gasteiger partial charge is 0.168 e. The largest absolute Gasteiger partial charge is 0.360 e. The van der Waals surface area contributed by atoms with E-state index >= 15 is 0 Å². The molecule has 0 saturated heterocycles. The Labute approximate surface area is 122 Å². The number of carbonyl (C=O) groups is 1. The summed E-state index contributed by atoms with van der Waals surface area (Å²) in [4.78, 5) is 16.0. The molecule has 2 aromatic rings. The highest BCUT2D eigenvalue weighted by molar-refractivity contribution is 6.31. The Kier molecular flexibility index (Phi) is 2.09. The van der Waals surface area contributed by atoms with Gasteiger partial charge in [0.15, 0.2) is 5.78 Å². The summed E-state index contributed by atoms with van der Waals surface area (Å²) in [5.41, 5.74) is 1.84. The van der Waals surface area contributed by atoms with Crippen LogP contribution >= 0.6 is 11.6 Å². The Morgan fingerprint density at radius 1 is 1.20 bits per heavy atom. The number of hydrogen-bond acceptors (Lipinski definition) is 1. The summed E-state index contributed by atoms with van der Waals surface area (Å²) in [6.07, 6.45) is 5.99. The summed E-state index contributed by atoms with van der Waals surface area (Å²) in [5, 5.41) is 1.73. The van der Waals surface area contributed by atoms with Gasteiger partial charge in [0, 0.05) is 33.6 Å². The van der Waals surface area contributed by atoms with E-state index in [4.69, 9.17) is 11.6 Å². The molecular weight excluding hydrogens is 270 g/mol. The molecule has 4 unspecified atom stereocenters. The van der Waals surface area contributed by atoms with E-state index in [0.717, 1.165) is 28.3 Å². The maximum Gasteiger partial charge on any atom is 0.168 e. The first kappa shape index (κ1) is 11.4. The first-order valence-corrected chi connectivity index (χ1v) is 7.92. The Morgan fingerprint density at radius 2 is 1.95 bits per heavy atom. The van der Waals surface area contributed by atoms with E-state index in [9.17, 15) is 4.79 Å². The van der Waals surface area contributed by atoms with E-state index in [-0.39, 0.29) is 0 Å². The van der Waals surface area contributed by atoms with Crippen molar-refractivity contribution in [2.75, 3.05) is 0 Å². The normalized spacial score (nSPS) is 37.4. The Balaban J connectivity index is 1.52. The van der Waals surface area contributed by atoms with E-state index in [2.05, 4.69) is 4.98 Å². The third kappa shape index (κ3) is 1.33. The number of Topliss-reactive ketones (excluding diaryl/α,β-unsaturated/α-hetero) is 1. The van der Waals surface area contributed by atoms with Gasteiger partial charge in [-0.25, -0.2) is 0 Å². The molecule has 0 aliphatic heterocycles. The number of H-pyrrole nitrogens is 1. The second kappa shape index (κ2) is 3.67. The number of carbonyl (C=O) groups excluding carboxylic acids is 1. The van der Waals surface area contributed by atoms with Crippen molar-refractivity contribution in [3.05, 3.63) is 35.0 Å². The van der Waals surface area contributed by atoms with Crippen LogP contribution in [0, 0.1) is 29.6 Å². The van der Waals surface area contributed by atoms with Gasteiger partial charge in [-0.3, -0.25) is 4.79 Å². The van der Waals surface area contributed by atoms with Gasteiger partial charge in [0.25, 0.3) is 0 Å². The van der Waals surface area contributed by atoms with E-state index < -0.39 is 0 Å². The molecule has 3 saturated carbocycles. The quantitative estimate of drug-likeness (QED) is 0.820. The summed E-state index contributed by atoms with van der Waals surface area (Å²) in [6, 6.07) is 5.73. The van der Waals surface area contributed by atoms with Crippen molar-refractivity contribution >= 4 is 28.3 Å². The number of aromatic nitrogens is 1. The summed E-state index contributed by atoms with van der Waals surface area (Å²) < 4.78 is 0. The lowest BCUT2D eigenvalue weighted by Crippen LogP contribution is -2.09. The minimum absolute atomic E-state index is 0.316. The van der Waals surface area contributed by atoms with Crippen molar-refractivity contribution in [1.29, 1.82) is 0 Å². The summed E-state index contributed by atoms with van der Waals surface area (Å²) in [6.45, 7) is 0. The highest BCUT2D eigenvalue weighted by atomic mass is 35.5. The molecule has 20 heavy (non-hydrogen) atoms. The van der Waals surface area contributed by atoms with Crippen LogP contribution in [0.4, 0.5) is 0 Å². The predicted octanol–water partition coefficient (Wildman–Crippen LogP) is 4.30. The number of nitrogens with one attached hydrogen (secondary N) is 1. The number of ketones is 1. The monoisotopic (exact) mass is 285 g/mol. The molecule has 1 heterocycles. The maximum absolute atomic E-state index is 12.8. The van der Waals surface area contributed by atoms with Crippen molar-refractivity contribution in [3.8, 4) is 0 Å². The van der Waals surface area contributed by atoms with Crippen LogP contribution in [0.5, 0.6) is 0 Å². The van der Waals surface area contributed by atoms with Crippen molar-refractivity contribution in [1.82, 2.24) is 4.98 Å². The highest BCUT2D eigenvalue weighted by Gasteiger charge is 2.67. The van der Waals surface area contributed by atoms with Gasteiger partial charge in [-0.15, -0.1) is 0 Å². The lowest BCUT2D eigenvalue weighted by Gasteiger charge is -2.07. The third-order valence-corrected chi connectivity index (χ3v) is 6.18. The standard InChI is InChI=1S/C17H16ClNO/c18-10-3-4-11-12(7-19-13(11)6-10)17(20)16-14-8-1-2-9(5-8)15(14)16/h3-4,6-9,14-16,19H,1-2,5H2. The summed E-state index contributed by atoms with van der Waals surface area (Å²) in [7, 11) is 0. The fourth-order valence-electron chi connectivity index (χ4n) is 5.16. The molecule has 5 rings (SSSR count). The number of benzene rings is 1. The van der Waals surface area contributed by atoms with Gasteiger partial charge in [-0.1, -0.05) is 17.7 Å². The van der Waals surface area contributed by atoms with Gasteiger partial charge < -0.3 is 4.98 Å². The van der Waals surface area contributed by atoms with Gasteiger partial charge in [0.1, 0.15) is 0 Å². The molecule has 3 heteroatoms. The lowest BCUT2D eigenvalue weighted by molar-refractivity contribution is 0.0946. The summed E-state index contributed by atoms with van der Waals surface area (Å²) in [5.74, 6) is 3.79. The molecule has 1 N–H and O–H groups in total. The highest BCUT2D eigenvalue weighted by Crippen LogP contribution is 2.70. The van der Waals surface area contributed by atoms with Crippen LogP contribution in [-0.2, 0) is 0 Å². The van der Waals surface area contributed by atoms with Crippen molar-refractivity contribution in [2.24, 2.45) is 29.6 Å². The van der Waals surface area contributed by atoms with Gasteiger partial charge in [-0.2, -0.15) is 0 Å². The van der Waals surface area contributed by atoms with Crippen LogP contribution in [0.2, 0.25) is 5.02 Å². The first-order chi connectivity index (χ1) is 9.74. The van der Waals surface area contributed by atoms with E-state index in [0.29, 0.717) is 28.6 Å². The molecule has 3 aliphatic carbocycles. The second-order valence-electron chi connectivity index (χ2n) is 6.77. The molecule has 3 fully saturated rings. The van der Waals surface area contributed by atoms with Crippen molar-refractivity contribution < 1.29 is 4.79 Å². The molecule has 1 aromatic carbocycles. The number of fused-ring (bicyclic) bond motifs is 6. The molecule has 1 aromatic heterocycles. The average Bonchev–Trinajstić information content (AvgIpc) is 2.80. The zero-order valence-corrected chi connectivity index (χ0v) is 11.9. The molecule has 0 spiro atoms. The molecule has 0 amide bonds. The van der Waals surface area contributed by atoms with Crippen molar-refractivity contribution in [3.63, 3.8) is 0 Å². The van der Waals surface area contributed by atoms with Gasteiger partial charge in [0.2, 0.25) is 0 Å². The SMILES string of the molecule is O=C(c1c[nH]c2cc(Cl)ccc12)C1C2C3CCC(C3)C12. The zero-order chi connectivity index (χ0) is 13.4. The average molecular weight is 286 g/mol. The molecule has 4 atom stereocenters. The molecule has 2 nitrogen and oxygen atoms in total. The van der Waals surface area contributed by atoms with Gasteiger partial charge in [-0.05, 0) is 55.1 Å². The molecule has 102 valence electrons. The van der Waals surface area contributed by atoms with Crippen LogP contribution in [-0.4, -0.2) is 10.8 Å². The Hall–Kier alpha value is -1.28. The third-order valence-electron chi connectivity index (χ3n) is 5.95. The number of aromatic amines is 1. The number of halogens is 1. The van der Waals surface area contributed by atoms with E-state index in [1.807, 2.05) is 24.4 Å². The Bertz CT molecular complexity index is 718. The van der Waals surface area contributed by atoms with Crippen LogP contribution in [0.3, 0.4) is 0 Å². The van der Waals surface area contributed by atoms with Crippen LogP contribution in [0.25, 0.3) is 10.9 Å².